The molecule has 37 heavy (non-hydrogen) atoms. The van der Waals surface area contributed by atoms with Crippen LogP contribution in [-0.4, -0.2) is 98.4 Å². The summed E-state index contributed by atoms with van der Waals surface area (Å²) >= 11 is 0. The number of amides is 4. The number of carbonyl (C=O) groups is 4. The predicted octanol–water partition coefficient (Wildman–Crippen LogP) is -3.09. The van der Waals surface area contributed by atoms with E-state index in [2.05, 4.69) is 20.9 Å². The Labute approximate surface area is 213 Å². The molecule has 14 heteroatoms. The van der Waals surface area contributed by atoms with Crippen molar-refractivity contribution in [2.24, 2.45) is 10.7 Å². The standard InChI is InChI=1S/C23H35N5O9/c1-12(25-10-18(32)20(34)17(31)7-8-29)21(35)26-13(2)22(36)28-16(9-19(24)33)23(37)27-15-5-3-14(11-30)4-6-15/h3-6,10,12-13,16-18,20,29-32,34H,7-9,11H2,1-2H3,(H2,24,33)(H,26,35)(H,27,37)(H,28,36)/b25-10-/t12?,13?,16?,17-,18+,20+/m1/s1. The number of benzene rings is 1. The van der Waals surface area contributed by atoms with E-state index in [0.29, 0.717) is 11.3 Å². The molecule has 1 rings (SSSR count). The number of aliphatic hydroxyl groups is 5. The van der Waals surface area contributed by atoms with E-state index in [9.17, 15) is 34.5 Å². The van der Waals surface area contributed by atoms with E-state index in [4.69, 9.17) is 15.9 Å². The Morgan fingerprint density at radius 2 is 1.59 bits per heavy atom. The van der Waals surface area contributed by atoms with Crippen LogP contribution >= 0.6 is 0 Å². The molecule has 0 aliphatic rings. The van der Waals surface area contributed by atoms with Crippen molar-refractivity contribution in [1.82, 2.24) is 10.6 Å². The van der Waals surface area contributed by atoms with Crippen LogP contribution < -0.4 is 21.7 Å². The fourth-order valence-electron chi connectivity index (χ4n) is 2.93. The summed E-state index contributed by atoms with van der Waals surface area (Å²) in [5, 5.41) is 54.3. The van der Waals surface area contributed by atoms with Gasteiger partial charge in [-0.05, 0) is 38.0 Å². The monoisotopic (exact) mass is 525 g/mol. The third-order valence-electron chi connectivity index (χ3n) is 5.21. The highest BCUT2D eigenvalue weighted by molar-refractivity contribution is 6.00. The largest absolute Gasteiger partial charge is 0.396 e. The molecule has 1 aromatic rings. The molecular weight excluding hydrogens is 490 g/mol. The molecule has 0 aliphatic carbocycles. The maximum Gasteiger partial charge on any atom is 0.247 e. The van der Waals surface area contributed by atoms with Crippen LogP contribution in [0.4, 0.5) is 5.69 Å². The summed E-state index contributed by atoms with van der Waals surface area (Å²) in [6.45, 7) is 2.10. The van der Waals surface area contributed by atoms with Crippen molar-refractivity contribution >= 4 is 35.5 Å². The van der Waals surface area contributed by atoms with Gasteiger partial charge in [0.15, 0.2) is 0 Å². The van der Waals surface area contributed by atoms with E-state index in [0.717, 1.165) is 6.21 Å². The second kappa shape index (κ2) is 15.6. The van der Waals surface area contributed by atoms with E-state index in [1.165, 1.54) is 26.0 Å². The van der Waals surface area contributed by atoms with Crippen LogP contribution in [0.2, 0.25) is 0 Å². The smallest absolute Gasteiger partial charge is 0.247 e. The van der Waals surface area contributed by atoms with Crippen LogP contribution in [0.5, 0.6) is 0 Å². The topological polar surface area (TPSA) is 244 Å². The molecule has 4 amide bonds. The minimum Gasteiger partial charge on any atom is -0.396 e. The number of nitrogens with zero attached hydrogens (tertiary/aromatic N) is 1. The molecule has 206 valence electrons. The summed E-state index contributed by atoms with van der Waals surface area (Å²) in [5.41, 5.74) is 6.17. The number of primary amides is 1. The molecule has 0 fully saturated rings. The van der Waals surface area contributed by atoms with Gasteiger partial charge in [0, 0.05) is 18.5 Å². The first kappa shape index (κ1) is 31.6. The van der Waals surface area contributed by atoms with Crippen molar-refractivity contribution in [3.63, 3.8) is 0 Å². The Kier molecular flexibility index (Phi) is 13.4. The van der Waals surface area contributed by atoms with Crippen molar-refractivity contribution in [2.45, 2.75) is 69.7 Å². The third-order valence-corrected chi connectivity index (χ3v) is 5.21. The Bertz CT molecular complexity index is 941. The van der Waals surface area contributed by atoms with E-state index >= 15 is 0 Å². The van der Waals surface area contributed by atoms with Gasteiger partial charge < -0.3 is 47.2 Å². The lowest BCUT2D eigenvalue weighted by Crippen LogP contribution is -2.53. The summed E-state index contributed by atoms with van der Waals surface area (Å²) in [7, 11) is 0. The lowest BCUT2D eigenvalue weighted by Gasteiger charge is -2.21. The van der Waals surface area contributed by atoms with E-state index < -0.39 is 73.1 Å². The lowest BCUT2D eigenvalue weighted by atomic mass is 10.1. The van der Waals surface area contributed by atoms with Gasteiger partial charge in [-0.3, -0.25) is 24.2 Å². The van der Waals surface area contributed by atoms with Gasteiger partial charge in [-0.15, -0.1) is 0 Å². The zero-order valence-corrected chi connectivity index (χ0v) is 20.6. The summed E-state index contributed by atoms with van der Waals surface area (Å²) < 4.78 is 0. The first-order chi connectivity index (χ1) is 17.4. The molecule has 0 bridgehead atoms. The van der Waals surface area contributed by atoms with E-state index in [-0.39, 0.29) is 13.0 Å². The van der Waals surface area contributed by atoms with E-state index in [1.807, 2.05) is 0 Å². The van der Waals surface area contributed by atoms with Crippen molar-refractivity contribution in [3.05, 3.63) is 29.8 Å². The number of carbonyl (C=O) groups excluding carboxylic acids is 4. The molecule has 0 aromatic heterocycles. The lowest BCUT2D eigenvalue weighted by molar-refractivity contribution is -0.131. The number of aliphatic hydroxyl groups excluding tert-OH is 5. The fourth-order valence-corrected chi connectivity index (χ4v) is 2.93. The number of nitrogens with one attached hydrogen (secondary N) is 3. The quantitative estimate of drug-likeness (QED) is 0.105. The first-order valence-corrected chi connectivity index (χ1v) is 11.5. The van der Waals surface area contributed by atoms with Crippen LogP contribution in [0, 0.1) is 0 Å². The van der Waals surface area contributed by atoms with Crippen LogP contribution in [0.25, 0.3) is 0 Å². The van der Waals surface area contributed by atoms with Gasteiger partial charge in [0.25, 0.3) is 0 Å². The van der Waals surface area contributed by atoms with Crippen molar-refractivity contribution in [2.75, 3.05) is 11.9 Å². The van der Waals surface area contributed by atoms with Crippen molar-refractivity contribution in [1.29, 1.82) is 0 Å². The van der Waals surface area contributed by atoms with Crippen molar-refractivity contribution in [3.8, 4) is 0 Å². The molecule has 0 spiro atoms. The van der Waals surface area contributed by atoms with E-state index in [1.54, 1.807) is 12.1 Å². The molecule has 0 radical (unpaired) electrons. The zero-order valence-electron chi connectivity index (χ0n) is 20.6. The summed E-state index contributed by atoms with van der Waals surface area (Å²) in [5.74, 6) is -3.09. The normalized spacial score (nSPS) is 16.2. The SMILES string of the molecule is CC(/N=C\[C@H](O)[C@@H](O)[C@H](O)CCO)C(=O)NC(C)C(=O)NC(CC(N)=O)C(=O)Nc1ccc(CO)cc1. The fraction of sp³-hybridized carbons (Fsp3) is 0.522. The van der Waals surface area contributed by atoms with Gasteiger partial charge in [-0.2, -0.15) is 0 Å². The number of rotatable bonds is 15. The zero-order chi connectivity index (χ0) is 28.1. The minimum absolute atomic E-state index is 0.167. The molecule has 0 saturated heterocycles. The van der Waals surface area contributed by atoms with Crippen LogP contribution in [-0.2, 0) is 25.8 Å². The highest BCUT2D eigenvalue weighted by atomic mass is 16.4. The van der Waals surface area contributed by atoms with Gasteiger partial charge in [-0.1, -0.05) is 12.1 Å². The number of hydrogen-bond acceptors (Lipinski definition) is 10. The molecule has 0 saturated carbocycles. The molecule has 14 nitrogen and oxygen atoms in total. The Morgan fingerprint density at radius 1 is 0.973 bits per heavy atom. The van der Waals surface area contributed by atoms with Gasteiger partial charge >= 0.3 is 0 Å². The number of anilines is 1. The summed E-state index contributed by atoms with van der Waals surface area (Å²) in [4.78, 5) is 52.8. The maximum absolute atomic E-state index is 12.6. The molecule has 3 unspecified atom stereocenters. The highest BCUT2D eigenvalue weighted by Gasteiger charge is 2.27. The molecule has 6 atom stereocenters. The second-order valence-corrected chi connectivity index (χ2v) is 8.34. The molecule has 0 aliphatic heterocycles. The minimum atomic E-state index is -1.63. The van der Waals surface area contributed by atoms with Gasteiger partial charge in [-0.25, -0.2) is 0 Å². The van der Waals surface area contributed by atoms with Crippen LogP contribution in [0.3, 0.4) is 0 Å². The molecular formula is C23H35N5O9. The second-order valence-electron chi connectivity index (χ2n) is 8.34. The highest BCUT2D eigenvalue weighted by Crippen LogP contribution is 2.11. The Morgan fingerprint density at radius 3 is 2.14 bits per heavy atom. The maximum atomic E-state index is 12.6. The predicted molar refractivity (Wildman–Crippen MR) is 132 cm³/mol. The molecule has 10 N–H and O–H groups in total. The number of hydrogen-bond donors (Lipinski definition) is 9. The molecule has 1 aromatic carbocycles. The average molecular weight is 526 g/mol. The Balaban J connectivity index is 2.72. The number of nitrogens with two attached hydrogens (primary N) is 1. The Hall–Kier alpha value is -3.43. The van der Waals surface area contributed by atoms with Gasteiger partial charge in [0.1, 0.15) is 30.3 Å². The molecule has 0 heterocycles. The van der Waals surface area contributed by atoms with Crippen molar-refractivity contribution < 1.29 is 44.7 Å². The third kappa shape index (κ3) is 11.0. The van der Waals surface area contributed by atoms with Crippen LogP contribution in [0.1, 0.15) is 32.3 Å². The van der Waals surface area contributed by atoms with Gasteiger partial charge in [0.2, 0.25) is 23.6 Å². The summed E-state index contributed by atoms with van der Waals surface area (Å²) in [6, 6.07) is 2.63. The van der Waals surface area contributed by atoms with Gasteiger partial charge in [0.05, 0.1) is 19.1 Å². The first-order valence-electron chi connectivity index (χ1n) is 11.5. The number of aliphatic imine (C=N–C) groups is 1. The summed E-state index contributed by atoms with van der Waals surface area (Å²) in [6.07, 6.45) is -4.44. The van der Waals surface area contributed by atoms with Crippen LogP contribution in [0.15, 0.2) is 29.3 Å². The average Bonchev–Trinajstić information content (AvgIpc) is 2.86.